The van der Waals surface area contributed by atoms with Crippen LogP contribution in [0.25, 0.3) is 11.0 Å². The maximum Gasteiger partial charge on any atom is 0.225 e. The average molecular weight is 578 g/mol. The number of anilines is 1. The van der Waals surface area contributed by atoms with Gasteiger partial charge in [0.15, 0.2) is 5.96 Å². The Balaban J connectivity index is 0.00000324. The third-order valence-corrected chi connectivity index (χ3v) is 6.07. The van der Waals surface area contributed by atoms with Crippen molar-refractivity contribution < 1.29 is 0 Å². The first kappa shape index (κ1) is 26.1. The molecule has 1 saturated heterocycles. The molecule has 1 aromatic carbocycles. The molecule has 4 rings (SSSR count). The number of halogens is 1. The minimum absolute atomic E-state index is 0. The minimum Gasteiger partial charge on any atom is -0.356 e. The molecule has 0 atom stereocenters. The normalized spacial score (nSPS) is 14.8. The fourth-order valence-electron chi connectivity index (χ4n) is 4.28. The number of guanidine groups is 1. The first-order chi connectivity index (χ1) is 16.2. The zero-order valence-corrected chi connectivity index (χ0v) is 22.5. The summed E-state index contributed by atoms with van der Waals surface area (Å²) in [6.07, 6.45) is 5.71. The largest absolute Gasteiger partial charge is 0.356 e. The summed E-state index contributed by atoms with van der Waals surface area (Å²) in [7, 11) is 1.83. The lowest BCUT2D eigenvalue weighted by Gasteiger charge is -2.34. The Morgan fingerprint density at radius 3 is 2.32 bits per heavy atom. The van der Waals surface area contributed by atoms with E-state index in [9.17, 15) is 0 Å². The molecule has 0 saturated carbocycles. The smallest absolute Gasteiger partial charge is 0.225 e. The summed E-state index contributed by atoms with van der Waals surface area (Å²) in [5.41, 5.74) is 2.27. The van der Waals surface area contributed by atoms with E-state index in [0.717, 1.165) is 88.4 Å². The van der Waals surface area contributed by atoms with Gasteiger partial charge in [0.05, 0.1) is 11.0 Å². The molecule has 3 aromatic rings. The number of rotatable bonds is 9. The van der Waals surface area contributed by atoms with Gasteiger partial charge in [-0.15, -0.1) is 24.0 Å². The Bertz CT molecular complexity index is 1030. The van der Waals surface area contributed by atoms with Gasteiger partial charge in [-0.25, -0.2) is 15.0 Å². The number of para-hydroxylation sites is 2. The van der Waals surface area contributed by atoms with Crippen LogP contribution in [-0.2, 0) is 6.54 Å². The summed E-state index contributed by atoms with van der Waals surface area (Å²) in [6.45, 7) is 9.93. The molecule has 184 valence electrons. The molecule has 0 amide bonds. The highest BCUT2D eigenvalue weighted by Crippen LogP contribution is 2.15. The average Bonchev–Trinajstić information content (AvgIpc) is 3.18. The number of aromatic nitrogens is 4. The molecule has 0 unspecified atom stereocenters. The van der Waals surface area contributed by atoms with Gasteiger partial charge in [-0.1, -0.05) is 12.1 Å². The van der Waals surface area contributed by atoms with E-state index in [1.807, 2.05) is 31.6 Å². The highest BCUT2D eigenvalue weighted by molar-refractivity contribution is 14.0. The summed E-state index contributed by atoms with van der Waals surface area (Å²) >= 11 is 0. The second kappa shape index (κ2) is 13.4. The summed E-state index contributed by atoms with van der Waals surface area (Å²) in [5, 5.41) is 6.87. The number of piperazine rings is 1. The van der Waals surface area contributed by atoms with Crippen LogP contribution in [0.1, 0.15) is 18.7 Å². The van der Waals surface area contributed by atoms with Gasteiger partial charge >= 0.3 is 0 Å². The van der Waals surface area contributed by atoms with Crippen LogP contribution in [0.5, 0.6) is 0 Å². The number of fused-ring (bicyclic) bond motifs is 1. The third-order valence-electron chi connectivity index (χ3n) is 6.07. The fourth-order valence-corrected chi connectivity index (χ4v) is 4.28. The molecule has 1 fully saturated rings. The van der Waals surface area contributed by atoms with E-state index in [-0.39, 0.29) is 24.0 Å². The van der Waals surface area contributed by atoms with Crippen molar-refractivity contribution in [3.8, 4) is 0 Å². The first-order valence-corrected chi connectivity index (χ1v) is 11.9. The standard InChI is InChI=1S/C24H35N9.HI/c1-20-30-21-8-3-4-9-22(21)33(20)15-7-13-27-23(25-2)26-12-6-14-31-16-18-32(19-17-31)24-28-10-5-11-29-24;/h3-5,8-11H,6-7,12-19H2,1-2H3,(H2,25,26,27);1H. The fraction of sp³-hybridized carbons (Fsp3) is 0.500. The Morgan fingerprint density at radius 1 is 0.941 bits per heavy atom. The lowest BCUT2D eigenvalue weighted by Crippen LogP contribution is -2.47. The molecular formula is C24H36IN9. The van der Waals surface area contributed by atoms with Crippen molar-refractivity contribution in [1.29, 1.82) is 0 Å². The molecule has 0 radical (unpaired) electrons. The van der Waals surface area contributed by atoms with E-state index in [4.69, 9.17) is 0 Å². The van der Waals surface area contributed by atoms with Crippen molar-refractivity contribution in [2.24, 2.45) is 4.99 Å². The van der Waals surface area contributed by atoms with E-state index in [1.54, 1.807) is 0 Å². The quantitative estimate of drug-likeness (QED) is 0.175. The SMILES string of the molecule is CN=C(NCCCN1CCN(c2ncccn2)CC1)NCCCn1c(C)nc2ccccc21.I. The molecule has 9 nitrogen and oxygen atoms in total. The van der Waals surface area contributed by atoms with Crippen molar-refractivity contribution in [2.75, 3.05) is 57.8 Å². The van der Waals surface area contributed by atoms with Crippen LogP contribution in [0, 0.1) is 6.92 Å². The summed E-state index contributed by atoms with van der Waals surface area (Å²) < 4.78 is 2.29. The highest BCUT2D eigenvalue weighted by atomic mass is 127. The zero-order chi connectivity index (χ0) is 22.9. The summed E-state index contributed by atoms with van der Waals surface area (Å²) in [4.78, 5) is 22.5. The third kappa shape index (κ3) is 7.02. The second-order valence-electron chi connectivity index (χ2n) is 8.31. The van der Waals surface area contributed by atoms with Gasteiger partial charge in [0.1, 0.15) is 5.82 Å². The molecule has 2 aromatic heterocycles. The van der Waals surface area contributed by atoms with Gasteiger partial charge in [-0.2, -0.15) is 0 Å². The van der Waals surface area contributed by atoms with E-state index in [2.05, 4.69) is 70.1 Å². The number of hydrogen-bond donors (Lipinski definition) is 2. The number of benzene rings is 1. The number of hydrogen-bond acceptors (Lipinski definition) is 6. The van der Waals surface area contributed by atoms with Gasteiger partial charge in [-0.05, 0) is 44.5 Å². The summed E-state index contributed by atoms with van der Waals surface area (Å²) in [5.74, 6) is 2.77. The maximum absolute atomic E-state index is 4.64. The van der Waals surface area contributed by atoms with Crippen LogP contribution in [0.2, 0.25) is 0 Å². The van der Waals surface area contributed by atoms with Crippen molar-refractivity contribution in [3.05, 3.63) is 48.5 Å². The van der Waals surface area contributed by atoms with Crippen molar-refractivity contribution in [1.82, 2.24) is 35.1 Å². The van der Waals surface area contributed by atoms with Gasteiger partial charge in [0.25, 0.3) is 0 Å². The Kier molecular flexibility index (Phi) is 10.3. The molecule has 3 heterocycles. The number of nitrogens with zero attached hydrogens (tertiary/aromatic N) is 7. The molecule has 10 heteroatoms. The number of aryl methyl sites for hydroxylation is 2. The highest BCUT2D eigenvalue weighted by Gasteiger charge is 2.18. The van der Waals surface area contributed by atoms with Crippen LogP contribution in [0.4, 0.5) is 5.95 Å². The number of nitrogens with one attached hydrogen (secondary N) is 2. The van der Waals surface area contributed by atoms with Gasteiger partial charge in [0.2, 0.25) is 5.95 Å². The monoisotopic (exact) mass is 577 g/mol. The zero-order valence-electron chi connectivity index (χ0n) is 20.2. The van der Waals surface area contributed by atoms with Crippen LogP contribution >= 0.6 is 24.0 Å². The van der Waals surface area contributed by atoms with Gasteiger partial charge in [0, 0.05) is 65.3 Å². The molecule has 0 aliphatic carbocycles. The minimum atomic E-state index is 0. The van der Waals surface area contributed by atoms with E-state index >= 15 is 0 Å². The molecule has 0 bridgehead atoms. The second-order valence-corrected chi connectivity index (χ2v) is 8.31. The Labute approximate surface area is 219 Å². The van der Waals surface area contributed by atoms with Crippen LogP contribution in [-0.4, -0.2) is 83.2 Å². The topological polar surface area (TPSA) is 86.5 Å². The molecule has 2 N–H and O–H groups in total. The maximum atomic E-state index is 4.64. The molecular weight excluding hydrogens is 541 g/mol. The van der Waals surface area contributed by atoms with E-state index in [0.29, 0.717) is 0 Å². The lowest BCUT2D eigenvalue weighted by molar-refractivity contribution is 0.254. The number of imidazole rings is 1. The van der Waals surface area contributed by atoms with Crippen LogP contribution in [0.15, 0.2) is 47.7 Å². The van der Waals surface area contributed by atoms with Crippen molar-refractivity contribution >= 4 is 46.9 Å². The number of aliphatic imine (C=N–C) groups is 1. The first-order valence-electron chi connectivity index (χ1n) is 11.9. The van der Waals surface area contributed by atoms with Gasteiger partial charge < -0.3 is 20.1 Å². The van der Waals surface area contributed by atoms with E-state index < -0.39 is 0 Å². The molecule has 1 aliphatic heterocycles. The van der Waals surface area contributed by atoms with E-state index in [1.165, 1.54) is 5.52 Å². The van der Waals surface area contributed by atoms with Crippen molar-refractivity contribution in [3.63, 3.8) is 0 Å². The molecule has 34 heavy (non-hydrogen) atoms. The lowest BCUT2D eigenvalue weighted by atomic mass is 10.3. The predicted octanol–water partition coefficient (Wildman–Crippen LogP) is 2.52. The van der Waals surface area contributed by atoms with Crippen LogP contribution < -0.4 is 15.5 Å². The summed E-state index contributed by atoms with van der Waals surface area (Å²) in [6, 6.07) is 10.2. The molecule has 0 spiro atoms. The predicted molar refractivity (Wildman–Crippen MR) is 149 cm³/mol. The Hall–Kier alpha value is -2.47. The van der Waals surface area contributed by atoms with Crippen LogP contribution in [0.3, 0.4) is 0 Å². The van der Waals surface area contributed by atoms with Crippen molar-refractivity contribution in [2.45, 2.75) is 26.3 Å². The van der Waals surface area contributed by atoms with Gasteiger partial charge in [-0.3, -0.25) is 9.89 Å². The molecule has 1 aliphatic rings. The Morgan fingerprint density at radius 2 is 1.62 bits per heavy atom.